The van der Waals surface area contributed by atoms with Crippen LogP contribution in [0.5, 0.6) is 0 Å². The number of ether oxygens (including phenoxy) is 1. The number of hydrogen-bond acceptors (Lipinski definition) is 8. The van der Waals surface area contributed by atoms with Gasteiger partial charge in [-0.2, -0.15) is 0 Å². The van der Waals surface area contributed by atoms with Gasteiger partial charge in [-0.1, -0.05) is 12.1 Å². The normalized spacial score (nSPS) is 27.5. The van der Waals surface area contributed by atoms with Crippen LogP contribution in [-0.4, -0.2) is 51.7 Å². The summed E-state index contributed by atoms with van der Waals surface area (Å²) >= 11 is 0. The summed E-state index contributed by atoms with van der Waals surface area (Å²) in [6.07, 6.45) is 9.11. The Kier molecular flexibility index (Phi) is 6.85. The summed E-state index contributed by atoms with van der Waals surface area (Å²) < 4.78 is 21.3. The van der Waals surface area contributed by atoms with Gasteiger partial charge in [0.15, 0.2) is 0 Å². The van der Waals surface area contributed by atoms with E-state index < -0.39 is 11.8 Å². The number of fused-ring (bicyclic) bond motifs is 4. The molecule has 3 aliphatic heterocycles. The lowest BCUT2D eigenvalue weighted by atomic mass is 9.74. The highest BCUT2D eigenvalue weighted by Crippen LogP contribution is 2.47. The van der Waals surface area contributed by atoms with Crippen molar-refractivity contribution in [3.63, 3.8) is 0 Å². The van der Waals surface area contributed by atoms with Crippen LogP contribution in [0.3, 0.4) is 0 Å². The number of pyridine rings is 1. The van der Waals surface area contributed by atoms with Crippen LogP contribution in [-0.2, 0) is 36.2 Å². The second kappa shape index (κ2) is 10.5. The van der Waals surface area contributed by atoms with Gasteiger partial charge in [-0.05, 0) is 87.7 Å². The Labute approximate surface area is 247 Å². The van der Waals surface area contributed by atoms with Gasteiger partial charge in [0.05, 0.1) is 23.9 Å². The standard InChI is InChI=1S/C33H42FN7O/c1-21(25-7-4-14-37-30(25)36)40(2)31-26-20-42-33(12-3-6-22-8-9-24(35)16-27(22)33)18-28(26)38-29(39-31)10-13-32-11-5-15-41(32)19-23(34)17-32/h4,7-9,14,16,21,23H,3,5-6,10-13,15,17-20,35H2,1-2H3,(H2,36,37). The van der Waals surface area contributed by atoms with Gasteiger partial charge < -0.3 is 21.1 Å². The molecule has 2 fully saturated rings. The maximum Gasteiger partial charge on any atom is 0.138 e. The fourth-order valence-electron chi connectivity index (χ4n) is 8.20. The van der Waals surface area contributed by atoms with Gasteiger partial charge in [0, 0.05) is 55.0 Å². The first-order chi connectivity index (χ1) is 20.3. The number of hydrogen-bond donors (Lipinski definition) is 2. The second-order valence-electron chi connectivity index (χ2n) is 13.0. The highest BCUT2D eigenvalue weighted by molar-refractivity contribution is 5.55. The molecule has 1 aliphatic carbocycles. The van der Waals surface area contributed by atoms with Crippen molar-refractivity contribution < 1.29 is 9.13 Å². The molecule has 0 saturated carbocycles. The van der Waals surface area contributed by atoms with E-state index in [1.54, 1.807) is 6.20 Å². The molecule has 1 aromatic carbocycles. The number of rotatable bonds is 6. The Morgan fingerprint density at radius 1 is 1.19 bits per heavy atom. The third kappa shape index (κ3) is 4.61. The monoisotopic (exact) mass is 571 g/mol. The molecule has 5 heterocycles. The number of nitrogens with zero attached hydrogens (tertiary/aromatic N) is 5. The molecule has 4 N–H and O–H groups in total. The maximum atomic E-state index is 14.5. The largest absolute Gasteiger partial charge is 0.399 e. The summed E-state index contributed by atoms with van der Waals surface area (Å²) in [7, 11) is 2.06. The minimum Gasteiger partial charge on any atom is -0.399 e. The lowest BCUT2D eigenvalue weighted by Crippen LogP contribution is -2.41. The Balaban J connectivity index is 1.27. The predicted molar refractivity (Wildman–Crippen MR) is 163 cm³/mol. The van der Waals surface area contributed by atoms with Crippen LogP contribution < -0.4 is 16.4 Å². The molecule has 1 spiro atoms. The number of alkyl halides is 1. The number of nitrogens with two attached hydrogens (primary N) is 2. The van der Waals surface area contributed by atoms with Crippen LogP contribution in [0.15, 0.2) is 36.5 Å². The van der Waals surface area contributed by atoms with Crippen LogP contribution in [0.4, 0.5) is 21.7 Å². The van der Waals surface area contributed by atoms with Gasteiger partial charge in [-0.3, -0.25) is 4.90 Å². The SMILES string of the molecule is CC(c1cccnc1N)N(C)c1nc(CCC23CCCN2CC(F)C3)nc2c1COC1(CCCc3ccc(N)cc31)C2. The van der Waals surface area contributed by atoms with E-state index in [2.05, 4.69) is 40.9 Å². The van der Waals surface area contributed by atoms with Crippen molar-refractivity contribution in [1.29, 1.82) is 0 Å². The number of nitrogen functional groups attached to an aromatic ring is 2. The van der Waals surface area contributed by atoms with E-state index in [4.69, 9.17) is 26.2 Å². The molecule has 42 heavy (non-hydrogen) atoms. The lowest BCUT2D eigenvalue weighted by Gasteiger charge is -2.43. The van der Waals surface area contributed by atoms with Crippen molar-refractivity contribution in [2.24, 2.45) is 0 Å². The number of aryl methyl sites for hydroxylation is 2. The minimum atomic E-state index is -0.738. The summed E-state index contributed by atoms with van der Waals surface area (Å²) in [6.45, 7) is 4.11. The maximum absolute atomic E-state index is 14.5. The first kappa shape index (κ1) is 27.5. The van der Waals surface area contributed by atoms with Crippen LogP contribution in [0.1, 0.15) is 85.3 Å². The van der Waals surface area contributed by atoms with Crippen molar-refractivity contribution in [2.45, 2.75) is 94.7 Å². The molecule has 0 radical (unpaired) electrons. The number of aromatic nitrogens is 3. The Morgan fingerprint density at radius 3 is 2.93 bits per heavy atom. The molecule has 4 atom stereocenters. The molecule has 0 bridgehead atoms. The predicted octanol–water partition coefficient (Wildman–Crippen LogP) is 5.05. The van der Waals surface area contributed by atoms with Gasteiger partial charge in [-0.25, -0.2) is 19.3 Å². The average Bonchev–Trinajstić information content (AvgIpc) is 3.51. The topological polar surface area (TPSA) is 106 Å². The molecule has 8 nitrogen and oxygen atoms in total. The molecule has 4 unspecified atom stereocenters. The van der Waals surface area contributed by atoms with Gasteiger partial charge in [-0.15, -0.1) is 0 Å². The summed E-state index contributed by atoms with van der Waals surface area (Å²) in [5.74, 6) is 2.22. The number of benzene rings is 1. The van der Waals surface area contributed by atoms with Gasteiger partial charge >= 0.3 is 0 Å². The Morgan fingerprint density at radius 2 is 2.07 bits per heavy atom. The molecule has 3 aromatic rings. The van der Waals surface area contributed by atoms with Crippen LogP contribution >= 0.6 is 0 Å². The van der Waals surface area contributed by atoms with Crippen LogP contribution in [0.2, 0.25) is 0 Å². The molecular weight excluding hydrogens is 529 g/mol. The molecule has 9 heteroatoms. The van der Waals surface area contributed by atoms with Gasteiger partial charge in [0.1, 0.15) is 23.6 Å². The molecule has 7 rings (SSSR count). The van der Waals surface area contributed by atoms with Crippen LogP contribution in [0, 0.1) is 0 Å². The van der Waals surface area contributed by atoms with E-state index in [0.29, 0.717) is 31.8 Å². The highest BCUT2D eigenvalue weighted by atomic mass is 19.1. The third-order valence-electron chi connectivity index (χ3n) is 10.5. The molecular formula is C33H42FN7O. The first-order valence-corrected chi connectivity index (χ1v) is 15.5. The van der Waals surface area contributed by atoms with Crippen molar-refractivity contribution in [1.82, 2.24) is 19.9 Å². The van der Waals surface area contributed by atoms with E-state index >= 15 is 0 Å². The van der Waals surface area contributed by atoms with E-state index in [9.17, 15) is 4.39 Å². The third-order valence-corrected chi connectivity index (χ3v) is 10.5. The zero-order valence-electron chi connectivity index (χ0n) is 24.8. The van der Waals surface area contributed by atoms with Crippen molar-refractivity contribution in [2.75, 3.05) is 36.5 Å². The zero-order valence-corrected chi connectivity index (χ0v) is 24.8. The van der Waals surface area contributed by atoms with Crippen molar-refractivity contribution in [3.8, 4) is 0 Å². The van der Waals surface area contributed by atoms with E-state index in [-0.39, 0.29) is 11.6 Å². The highest BCUT2D eigenvalue weighted by Gasteiger charge is 2.48. The molecule has 0 amide bonds. The first-order valence-electron chi connectivity index (χ1n) is 15.5. The van der Waals surface area contributed by atoms with Crippen molar-refractivity contribution >= 4 is 17.3 Å². The minimum absolute atomic E-state index is 0.0531. The Hall–Kier alpha value is -3.30. The van der Waals surface area contributed by atoms with E-state index in [0.717, 1.165) is 85.6 Å². The molecule has 222 valence electrons. The van der Waals surface area contributed by atoms with Gasteiger partial charge in [0.2, 0.25) is 0 Å². The molecule has 2 aromatic heterocycles. The summed E-state index contributed by atoms with van der Waals surface area (Å²) in [4.78, 5) is 19.3. The molecule has 4 aliphatic rings. The fourth-order valence-corrected chi connectivity index (χ4v) is 8.20. The zero-order chi connectivity index (χ0) is 29.1. The summed E-state index contributed by atoms with van der Waals surface area (Å²) in [5, 5.41) is 0. The fraction of sp³-hybridized carbons (Fsp3) is 0.545. The summed E-state index contributed by atoms with van der Waals surface area (Å²) in [6, 6.07) is 10.1. The summed E-state index contributed by atoms with van der Waals surface area (Å²) in [5.41, 5.74) is 18.4. The smallest absolute Gasteiger partial charge is 0.138 e. The quantitative estimate of drug-likeness (QED) is 0.396. The number of anilines is 3. The lowest BCUT2D eigenvalue weighted by molar-refractivity contribution is -0.0854. The van der Waals surface area contributed by atoms with Crippen molar-refractivity contribution in [3.05, 3.63) is 70.3 Å². The van der Waals surface area contributed by atoms with E-state index in [1.165, 1.54) is 11.1 Å². The van der Waals surface area contributed by atoms with E-state index in [1.807, 2.05) is 18.2 Å². The molecule has 2 saturated heterocycles. The van der Waals surface area contributed by atoms with Crippen LogP contribution in [0.25, 0.3) is 0 Å². The average molecular weight is 572 g/mol. The number of halogens is 1. The Bertz CT molecular complexity index is 1500. The van der Waals surface area contributed by atoms with Gasteiger partial charge in [0.25, 0.3) is 0 Å². The second-order valence-corrected chi connectivity index (χ2v) is 13.0.